The van der Waals surface area contributed by atoms with Gasteiger partial charge in [-0.15, -0.1) is 0 Å². The first-order valence-corrected chi connectivity index (χ1v) is 6.87. The van der Waals surface area contributed by atoms with Crippen molar-refractivity contribution in [3.05, 3.63) is 47.7 Å². The molecule has 0 spiro atoms. The average molecular weight is 308 g/mol. The summed E-state index contributed by atoms with van der Waals surface area (Å²) in [6, 6.07) is 7.10. The van der Waals surface area contributed by atoms with E-state index < -0.39 is 0 Å². The lowest BCUT2D eigenvalue weighted by Gasteiger charge is -2.24. The summed E-state index contributed by atoms with van der Waals surface area (Å²) >= 11 is 5.89. The van der Waals surface area contributed by atoms with Crippen molar-refractivity contribution in [1.82, 2.24) is 14.8 Å². The summed E-state index contributed by atoms with van der Waals surface area (Å²) in [6.07, 6.45) is 3.01. The van der Waals surface area contributed by atoms with E-state index in [9.17, 15) is 0 Å². The van der Waals surface area contributed by atoms with E-state index in [4.69, 9.17) is 21.1 Å². The number of ether oxygens (including phenoxy) is 2. The van der Waals surface area contributed by atoms with Gasteiger partial charge in [-0.2, -0.15) is 9.78 Å². The van der Waals surface area contributed by atoms with Gasteiger partial charge < -0.3 is 9.47 Å². The number of hydrogen-bond acceptors (Lipinski definition) is 4. The van der Waals surface area contributed by atoms with Gasteiger partial charge >= 0.3 is 0 Å². The third-order valence-corrected chi connectivity index (χ3v) is 2.99. The summed E-state index contributed by atoms with van der Waals surface area (Å²) in [7, 11) is 1.61. The Balaban J connectivity index is 2.47. The van der Waals surface area contributed by atoms with E-state index in [1.807, 2.05) is 20.8 Å². The molecule has 21 heavy (non-hydrogen) atoms. The maximum atomic E-state index is 5.95. The van der Waals surface area contributed by atoms with Crippen molar-refractivity contribution < 1.29 is 9.47 Å². The second kappa shape index (κ2) is 6.18. The molecule has 112 valence electrons. The number of methoxy groups -OCH3 is 1. The predicted octanol–water partition coefficient (Wildman–Crippen LogP) is 3.83. The molecule has 1 aromatic heterocycles. The molecule has 0 atom stereocenters. The summed E-state index contributed by atoms with van der Waals surface area (Å²) < 4.78 is 13.0. The van der Waals surface area contributed by atoms with Gasteiger partial charge in [0, 0.05) is 10.4 Å². The van der Waals surface area contributed by atoms with Gasteiger partial charge in [-0.3, -0.25) is 0 Å². The number of rotatable bonds is 4. The van der Waals surface area contributed by atoms with Crippen molar-refractivity contribution in [3.8, 4) is 5.75 Å². The highest BCUT2D eigenvalue weighted by Gasteiger charge is 2.26. The maximum absolute atomic E-state index is 5.95. The van der Waals surface area contributed by atoms with Crippen molar-refractivity contribution in [2.24, 2.45) is 5.41 Å². The lowest BCUT2D eigenvalue weighted by molar-refractivity contribution is 0.194. The number of nitrogens with zero attached hydrogens (tertiary/aromatic N) is 3. The van der Waals surface area contributed by atoms with E-state index >= 15 is 0 Å². The van der Waals surface area contributed by atoms with E-state index in [0.717, 1.165) is 0 Å². The normalized spacial score (nSPS) is 12.8. The molecule has 2 aromatic rings. The van der Waals surface area contributed by atoms with E-state index in [-0.39, 0.29) is 5.41 Å². The van der Waals surface area contributed by atoms with Gasteiger partial charge in [0.1, 0.15) is 18.4 Å². The molecule has 1 heterocycles. The topological polar surface area (TPSA) is 49.2 Å². The first-order valence-electron chi connectivity index (χ1n) is 6.49. The Hall–Kier alpha value is -2.01. The lowest BCUT2D eigenvalue weighted by atomic mass is 9.94. The lowest BCUT2D eigenvalue weighted by Crippen LogP contribution is -2.19. The fraction of sp³-hybridized carbons (Fsp3) is 0.333. The predicted molar refractivity (Wildman–Crippen MR) is 81.8 cm³/mol. The average Bonchev–Trinajstić information content (AvgIpc) is 2.93. The van der Waals surface area contributed by atoms with Crippen LogP contribution in [0.5, 0.6) is 5.75 Å². The van der Waals surface area contributed by atoms with Crippen LogP contribution in [0.4, 0.5) is 0 Å². The largest absolute Gasteiger partial charge is 0.495 e. The molecule has 0 bridgehead atoms. The Bertz CT molecular complexity index is 613. The van der Waals surface area contributed by atoms with Gasteiger partial charge in [0.15, 0.2) is 5.76 Å². The van der Waals surface area contributed by atoms with Crippen LogP contribution in [-0.2, 0) is 4.74 Å². The smallest absolute Gasteiger partial charge is 0.261 e. The molecule has 2 rings (SSSR count). The van der Waals surface area contributed by atoms with Gasteiger partial charge in [0.2, 0.25) is 0 Å². The molecule has 0 saturated carbocycles. The fourth-order valence-electron chi connectivity index (χ4n) is 1.84. The molecule has 0 fully saturated rings. The Labute approximate surface area is 129 Å². The molecule has 0 amide bonds. The van der Waals surface area contributed by atoms with Crippen LogP contribution in [0.3, 0.4) is 0 Å². The zero-order valence-electron chi connectivity index (χ0n) is 12.5. The highest BCUT2D eigenvalue weighted by Crippen LogP contribution is 2.31. The van der Waals surface area contributed by atoms with Crippen molar-refractivity contribution in [1.29, 1.82) is 0 Å². The quantitative estimate of drug-likeness (QED) is 0.806. The third-order valence-electron chi connectivity index (χ3n) is 2.73. The molecule has 0 aliphatic rings. The zero-order chi connectivity index (χ0) is 15.5. The van der Waals surface area contributed by atoms with Gasteiger partial charge in [0.25, 0.3) is 5.88 Å². The third kappa shape index (κ3) is 3.76. The highest BCUT2D eigenvalue weighted by atomic mass is 35.5. The molecule has 5 nitrogen and oxygen atoms in total. The summed E-state index contributed by atoms with van der Waals surface area (Å²) in [5.41, 5.74) is -0.248. The summed E-state index contributed by atoms with van der Waals surface area (Å²) in [5, 5.41) is 4.78. The molecular formula is C15H18ClN3O2. The van der Waals surface area contributed by atoms with Crippen LogP contribution < -0.4 is 4.74 Å². The first kappa shape index (κ1) is 15.4. The molecular weight excluding hydrogens is 290 g/mol. The maximum Gasteiger partial charge on any atom is 0.261 e. The van der Waals surface area contributed by atoms with Crippen LogP contribution in [0.15, 0.2) is 42.7 Å². The van der Waals surface area contributed by atoms with E-state index in [2.05, 4.69) is 10.1 Å². The Morgan fingerprint density at radius 2 is 1.86 bits per heavy atom. The minimum atomic E-state index is -0.248. The number of halogens is 1. The van der Waals surface area contributed by atoms with Crippen LogP contribution in [0, 0.1) is 5.41 Å². The monoisotopic (exact) mass is 307 g/mol. The van der Waals surface area contributed by atoms with Crippen molar-refractivity contribution in [2.75, 3.05) is 7.11 Å². The van der Waals surface area contributed by atoms with Crippen molar-refractivity contribution >= 4 is 17.5 Å². The van der Waals surface area contributed by atoms with Crippen LogP contribution in [-0.4, -0.2) is 21.9 Å². The number of aromatic nitrogens is 3. The summed E-state index contributed by atoms with van der Waals surface area (Å²) in [4.78, 5) is 3.96. The fourth-order valence-corrected chi connectivity index (χ4v) is 1.96. The number of benzene rings is 1. The Morgan fingerprint density at radius 1 is 1.19 bits per heavy atom. The molecule has 0 N–H and O–H groups in total. The van der Waals surface area contributed by atoms with E-state index in [1.165, 1.54) is 6.33 Å². The van der Waals surface area contributed by atoms with Gasteiger partial charge in [-0.05, 0) is 24.3 Å². The summed E-state index contributed by atoms with van der Waals surface area (Å²) in [5.74, 6) is 1.79. The molecule has 0 saturated heterocycles. The standard InChI is InChI=1S/C15H18ClN3O2/c1-15(2,3)13(20-4)14(19-10-17-9-18-19)21-12-7-5-11(16)6-8-12/h5-10H,1-4H3. The zero-order valence-corrected chi connectivity index (χ0v) is 13.3. The second-order valence-electron chi connectivity index (χ2n) is 5.48. The molecule has 6 heteroatoms. The number of allylic oxidation sites excluding steroid dienone is 1. The van der Waals surface area contributed by atoms with Gasteiger partial charge in [-0.25, -0.2) is 4.98 Å². The van der Waals surface area contributed by atoms with Crippen molar-refractivity contribution in [3.63, 3.8) is 0 Å². The van der Waals surface area contributed by atoms with Gasteiger partial charge in [0.05, 0.1) is 7.11 Å². The van der Waals surface area contributed by atoms with E-state index in [0.29, 0.717) is 22.4 Å². The Kier molecular flexibility index (Phi) is 4.53. The van der Waals surface area contributed by atoms with E-state index in [1.54, 1.807) is 42.4 Å². The molecule has 1 aromatic carbocycles. The summed E-state index contributed by atoms with van der Waals surface area (Å²) in [6.45, 7) is 6.11. The SMILES string of the molecule is COC(=C(Oc1ccc(Cl)cc1)n1cncn1)C(C)(C)C. The minimum Gasteiger partial charge on any atom is -0.495 e. The van der Waals surface area contributed by atoms with Crippen LogP contribution >= 0.6 is 11.6 Å². The molecule has 0 radical (unpaired) electrons. The van der Waals surface area contributed by atoms with Crippen LogP contribution in [0.25, 0.3) is 5.88 Å². The van der Waals surface area contributed by atoms with Gasteiger partial charge in [-0.1, -0.05) is 32.4 Å². The molecule has 0 unspecified atom stereocenters. The van der Waals surface area contributed by atoms with Crippen LogP contribution in [0.1, 0.15) is 20.8 Å². The Morgan fingerprint density at radius 3 is 2.33 bits per heavy atom. The second-order valence-corrected chi connectivity index (χ2v) is 5.92. The number of hydrogen-bond donors (Lipinski definition) is 0. The van der Waals surface area contributed by atoms with Crippen molar-refractivity contribution in [2.45, 2.75) is 20.8 Å². The minimum absolute atomic E-state index is 0.248. The highest BCUT2D eigenvalue weighted by molar-refractivity contribution is 6.30. The van der Waals surface area contributed by atoms with Crippen LogP contribution in [0.2, 0.25) is 5.02 Å². The molecule has 0 aliphatic heterocycles. The first-order chi connectivity index (χ1) is 9.91. The molecule has 0 aliphatic carbocycles.